The third kappa shape index (κ3) is 3.60. The number of rotatable bonds is 4. The molecule has 0 spiro atoms. The average molecular weight is 396 g/mol. The maximum atomic E-state index is 13.1. The van der Waals surface area contributed by atoms with E-state index in [0.29, 0.717) is 21.9 Å². The quantitative estimate of drug-likeness (QED) is 0.536. The normalized spacial score (nSPS) is 10.8. The van der Waals surface area contributed by atoms with Gasteiger partial charge in [-0.3, -0.25) is 9.59 Å². The van der Waals surface area contributed by atoms with Crippen molar-refractivity contribution in [1.29, 1.82) is 0 Å². The second kappa shape index (κ2) is 7.20. The molecule has 0 unspecified atom stereocenters. The van der Waals surface area contributed by atoms with E-state index >= 15 is 0 Å². The summed E-state index contributed by atoms with van der Waals surface area (Å²) >= 11 is 1.30. The van der Waals surface area contributed by atoms with Crippen LogP contribution in [0.4, 0.5) is 15.2 Å². The molecule has 0 fully saturated rings. The Morgan fingerprint density at radius 3 is 2.64 bits per heavy atom. The molecule has 9 heteroatoms. The van der Waals surface area contributed by atoms with Gasteiger partial charge < -0.3 is 15.1 Å². The first kappa shape index (κ1) is 17.8. The maximum absolute atomic E-state index is 13.1. The van der Waals surface area contributed by atoms with Crippen molar-refractivity contribution in [3.63, 3.8) is 0 Å². The molecule has 2 aromatic carbocycles. The SMILES string of the molecule is CC(=O)Nc1nc2ccc(NC(=O)c3ncoc3-c3ccc(F)cc3)cc2s1. The minimum absolute atomic E-state index is 0.0925. The molecule has 2 aromatic heterocycles. The fourth-order valence-corrected chi connectivity index (χ4v) is 3.56. The number of oxazole rings is 1. The van der Waals surface area contributed by atoms with Crippen LogP contribution >= 0.6 is 11.3 Å². The molecule has 28 heavy (non-hydrogen) atoms. The van der Waals surface area contributed by atoms with E-state index in [2.05, 4.69) is 20.6 Å². The summed E-state index contributed by atoms with van der Waals surface area (Å²) < 4.78 is 19.2. The number of aromatic nitrogens is 2. The predicted octanol–water partition coefficient (Wildman–Crippen LogP) is 4.30. The van der Waals surface area contributed by atoms with Gasteiger partial charge in [-0.05, 0) is 42.5 Å². The molecule has 2 amide bonds. The van der Waals surface area contributed by atoms with Gasteiger partial charge in [0.15, 0.2) is 23.0 Å². The number of amides is 2. The third-order valence-corrected chi connectivity index (χ3v) is 4.75. The Morgan fingerprint density at radius 2 is 1.89 bits per heavy atom. The lowest BCUT2D eigenvalue weighted by Gasteiger charge is -2.05. The smallest absolute Gasteiger partial charge is 0.278 e. The molecule has 0 radical (unpaired) electrons. The van der Waals surface area contributed by atoms with E-state index < -0.39 is 5.91 Å². The van der Waals surface area contributed by atoms with Crippen molar-refractivity contribution < 1.29 is 18.4 Å². The summed E-state index contributed by atoms with van der Waals surface area (Å²) in [6.45, 7) is 1.41. The molecule has 140 valence electrons. The third-order valence-electron chi connectivity index (χ3n) is 3.82. The molecule has 0 saturated carbocycles. The van der Waals surface area contributed by atoms with Gasteiger partial charge in [-0.1, -0.05) is 11.3 Å². The number of nitrogens with one attached hydrogen (secondary N) is 2. The first-order valence-electron chi connectivity index (χ1n) is 8.18. The standard InChI is InChI=1S/C19H13FN4O3S/c1-10(25)22-19-24-14-7-6-13(8-15(14)28-19)23-18(26)16-17(27-9-21-16)11-2-4-12(20)5-3-11/h2-9H,1H3,(H,23,26)(H,22,24,25). The number of carbonyl (C=O) groups is 2. The van der Waals surface area contributed by atoms with Gasteiger partial charge in [0.05, 0.1) is 10.2 Å². The largest absolute Gasteiger partial charge is 0.443 e. The molecule has 0 bridgehead atoms. The van der Waals surface area contributed by atoms with Crippen molar-refractivity contribution in [2.24, 2.45) is 0 Å². The number of halogens is 1. The zero-order valence-electron chi connectivity index (χ0n) is 14.5. The summed E-state index contributed by atoms with van der Waals surface area (Å²) in [5, 5.41) is 5.89. The first-order valence-corrected chi connectivity index (χ1v) is 9.00. The van der Waals surface area contributed by atoms with E-state index in [1.54, 1.807) is 18.2 Å². The van der Waals surface area contributed by atoms with Crippen LogP contribution in [0.2, 0.25) is 0 Å². The van der Waals surface area contributed by atoms with Crippen LogP contribution < -0.4 is 10.6 Å². The molecule has 0 aliphatic heterocycles. The lowest BCUT2D eigenvalue weighted by Crippen LogP contribution is -2.13. The van der Waals surface area contributed by atoms with Crippen LogP contribution in [0.3, 0.4) is 0 Å². The first-order chi connectivity index (χ1) is 13.5. The van der Waals surface area contributed by atoms with Crippen molar-refractivity contribution in [3.05, 3.63) is 60.4 Å². The molecule has 2 heterocycles. The number of hydrogen-bond acceptors (Lipinski definition) is 6. The Kier molecular flexibility index (Phi) is 4.58. The number of carbonyl (C=O) groups excluding carboxylic acids is 2. The molecule has 0 atom stereocenters. The van der Waals surface area contributed by atoms with Crippen molar-refractivity contribution in [3.8, 4) is 11.3 Å². The monoisotopic (exact) mass is 396 g/mol. The lowest BCUT2D eigenvalue weighted by molar-refractivity contribution is -0.114. The van der Waals surface area contributed by atoms with E-state index in [1.807, 2.05) is 0 Å². The number of anilines is 2. The van der Waals surface area contributed by atoms with E-state index in [-0.39, 0.29) is 23.2 Å². The summed E-state index contributed by atoms with van der Waals surface area (Å²) in [4.78, 5) is 32.1. The highest BCUT2D eigenvalue weighted by Gasteiger charge is 2.19. The van der Waals surface area contributed by atoms with Crippen molar-refractivity contribution in [2.45, 2.75) is 6.92 Å². The number of nitrogens with zero attached hydrogens (tertiary/aromatic N) is 2. The Morgan fingerprint density at radius 1 is 1.11 bits per heavy atom. The van der Waals surface area contributed by atoms with Crippen LogP contribution in [0.5, 0.6) is 0 Å². The number of hydrogen-bond donors (Lipinski definition) is 2. The van der Waals surface area contributed by atoms with Crippen LogP contribution in [-0.4, -0.2) is 21.8 Å². The van der Waals surface area contributed by atoms with Crippen LogP contribution in [0, 0.1) is 5.82 Å². The van der Waals surface area contributed by atoms with Crippen molar-refractivity contribution in [1.82, 2.24) is 9.97 Å². The Hall–Kier alpha value is -3.59. The molecule has 7 nitrogen and oxygen atoms in total. The van der Waals surface area contributed by atoms with Gasteiger partial charge in [0.2, 0.25) is 5.91 Å². The van der Waals surface area contributed by atoms with Gasteiger partial charge >= 0.3 is 0 Å². The minimum Gasteiger partial charge on any atom is -0.443 e. The molecular weight excluding hydrogens is 383 g/mol. The van der Waals surface area contributed by atoms with Crippen molar-refractivity contribution in [2.75, 3.05) is 10.6 Å². The zero-order valence-corrected chi connectivity index (χ0v) is 15.3. The summed E-state index contributed by atoms with van der Waals surface area (Å²) in [6, 6.07) is 10.8. The number of fused-ring (bicyclic) bond motifs is 1. The van der Waals surface area contributed by atoms with Gasteiger partial charge in [0, 0.05) is 18.2 Å². The topological polar surface area (TPSA) is 97.1 Å². The van der Waals surface area contributed by atoms with Crippen LogP contribution in [0.25, 0.3) is 21.5 Å². The zero-order chi connectivity index (χ0) is 19.7. The van der Waals surface area contributed by atoms with E-state index in [0.717, 1.165) is 4.70 Å². The molecule has 0 aliphatic rings. The Balaban J connectivity index is 1.58. The fourth-order valence-electron chi connectivity index (χ4n) is 2.61. The highest BCUT2D eigenvalue weighted by Crippen LogP contribution is 2.29. The fraction of sp³-hybridized carbons (Fsp3) is 0.0526. The van der Waals surface area contributed by atoms with Gasteiger partial charge in [-0.2, -0.15) is 0 Å². The second-order valence-electron chi connectivity index (χ2n) is 5.87. The molecule has 0 aliphatic carbocycles. The van der Waals surface area contributed by atoms with Gasteiger partial charge in [0.1, 0.15) is 5.82 Å². The molecule has 0 saturated heterocycles. The van der Waals surface area contributed by atoms with Gasteiger partial charge in [0.25, 0.3) is 5.91 Å². The van der Waals surface area contributed by atoms with E-state index in [9.17, 15) is 14.0 Å². The van der Waals surface area contributed by atoms with Gasteiger partial charge in [-0.15, -0.1) is 0 Å². The summed E-state index contributed by atoms with van der Waals surface area (Å²) in [5.41, 5.74) is 1.89. The van der Waals surface area contributed by atoms with Crippen molar-refractivity contribution >= 4 is 44.2 Å². The summed E-state index contributed by atoms with van der Waals surface area (Å²) in [7, 11) is 0. The second-order valence-corrected chi connectivity index (χ2v) is 6.90. The number of benzene rings is 2. The average Bonchev–Trinajstić information content (AvgIpc) is 3.28. The number of thiazole rings is 1. The molecule has 4 aromatic rings. The van der Waals surface area contributed by atoms with E-state index in [4.69, 9.17) is 4.42 Å². The van der Waals surface area contributed by atoms with Crippen LogP contribution in [-0.2, 0) is 4.79 Å². The summed E-state index contributed by atoms with van der Waals surface area (Å²) in [6.07, 6.45) is 1.17. The van der Waals surface area contributed by atoms with Crippen LogP contribution in [0.15, 0.2) is 53.3 Å². The predicted molar refractivity (Wildman–Crippen MR) is 104 cm³/mol. The van der Waals surface area contributed by atoms with E-state index in [1.165, 1.54) is 48.9 Å². The summed E-state index contributed by atoms with van der Waals surface area (Å²) in [5.74, 6) is -0.791. The molecule has 2 N–H and O–H groups in total. The highest BCUT2D eigenvalue weighted by atomic mass is 32.1. The minimum atomic E-state index is -0.459. The molecule has 4 rings (SSSR count). The lowest BCUT2D eigenvalue weighted by atomic mass is 10.1. The van der Waals surface area contributed by atoms with Gasteiger partial charge in [-0.25, -0.2) is 14.4 Å². The Bertz CT molecular complexity index is 1180. The highest BCUT2D eigenvalue weighted by molar-refractivity contribution is 7.22. The Labute approximate surface area is 162 Å². The molecular formula is C19H13FN4O3S. The maximum Gasteiger partial charge on any atom is 0.278 e. The van der Waals surface area contributed by atoms with Crippen LogP contribution in [0.1, 0.15) is 17.4 Å².